The van der Waals surface area contributed by atoms with E-state index in [0.29, 0.717) is 19.3 Å². The number of carbonyl (C=O) groups excluding carboxylic acids is 3. The summed E-state index contributed by atoms with van der Waals surface area (Å²) in [5, 5.41) is 0. The van der Waals surface area contributed by atoms with Gasteiger partial charge in [-0.15, -0.1) is 0 Å². The normalized spacial score (nSPS) is 12.1. The first kappa shape index (κ1) is 56.9. The van der Waals surface area contributed by atoms with Crippen molar-refractivity contribution >= 4 is 17.9 Å². The van der Waals surface area contributed by atoms with Gasteiger partial charge in [-0.05, 0) is 64.2 Å². The molecule has 0 aromatic heterocycles. The number of ether oxygens (including phenoxy) is 3. The number of esters is 3. The van der Waals surface area contributed by atoms with E-state index in [-0.39, 0.29) is 31.1 Å². The van der Waals surface area contributed by atoms with Gasteiger partial charge in [0.15, 0.2) is 6.10 Å². The molecule has 6 heteroatoms. The van der Waals surface area contributed by atoms with Gasteiger partial charge in [0.05, 0.1) is 0 Å². The Morgan fingerprint density at radius 2 is 0.576 bits per heavy atom. The minimum atomic E-state index is -0.772. The van der Waals surface area contributed by atoms with Gasteiger partial charge in [-0.3, -0.25) is 14.4 Å². The van der Waals surface area contributed by atoms with Crippen molar-refractivity contribution in [1.29, 1.82) is 0 Å². The van der Waals surface area contributed by atoms with Crippen LogP contribution in [0.25, 0.3) is 0 Å². The van der Waals surface area contributed by atoms with Crippen molar-refractivity contribution < 1.29 is 28.6 Å². The van der Waals surface area contributed by atoms with E-state index in [4.69, 9.17) is 14.2 Å². The Hall–Kier alpha value is -2.11. The highest BCUT2D eigenvalue weighted by Crippen LogP contribution is 2.16. The fourth-order valence-corrected chi connectivity index (χ4v) is 7.48. The molecule has 0 heterocycles. The van der Waals surface area contributed by atoms with Crippen molar-refractivity contribution in [1.82, 2.24) is 0 Å². The highest BCUT2D eigenvalue weighted by atomic mass is 16.6. The molecule has 0 bridgehead atoms. The Kier molecular flexibility index (Phi) is 46.8. The second kappa shape index (κ2) is 48.6. The highest BCUT2D eigenvalue weighted by Gasteiger charge is 2.19. The fourth-order valence-electron chi connectivity index (χ4n) is 7.48. The van der Waals surface area contributed by atoms with Crippen molar-refractivity contribution in [2.75, 3.05) is 13.2 Å². The van der Waals surface area contributed by atoms with Crippen LogP contribution in [0, 0.1) is 0 Å². The molecular formula is C53H98O6. The zero-order valence-corrected chi connectivity index (χ0v) is 39.5. The molecule has 0 rings (SSSR count). The Labute approximate surface area is 366 Å². The summed E-state index contributed by atoms with van der Waals surface area (Å²) in [6, 6.07) is 0. The third-order valence-electron chi connectivity index (χ3n) is 11.4. The first-order chi connectivity index (χ1) is 29.0. The molecule has 0 spiro atoms. The summed E-state index contributed by atoms with van der Waals surface area (Å²) in [6.45, 7) is 6.61. The molecule has 0 fully saturated rings. The fraction of sp³-hybridized carbons (Fsp3) is 0.868. The number of hydrogen-bond acceptors (Lipinski definition) is 6. The summed E-state index contributed by atoms with van der Waals surface area (Å²) in [4.78, 5) is 37.9. The zero-order valence-electron chi connectivity index (χ0n) is 39.5. The minimum Gasteiger partial charge on any atom is -0.462 e. The molecule has 0 saturated carbocycles. The van der Waals surface area contributed by atoms with Gasteiger partial charge in [0.1, 0.15) is 13.2 Å². The van der Waals surface area contributed by atoms with Gasteiger partial charge in [0, 0.05) is 19.3 Å². The van der Waals surface area contributed by atoms with E-state index in [1.165, 1.54) is 167 Å². The van der Waals surface area contributed by atoms with E-state index in [1.54, 1.807) is 0 Å². The second-order valence-corrected chi connectivity index (χ2v) is 17.4. The van der Waals surface area contributed by atoms with Gasteiger partial charge in [0.25, 0.3) is 0 Å². The van der Waals surface area contributed by atoms with Crippen LogP contribution in [0.3, 0.4) is 0 Å². The average Bonchev–Trinajstić information content (AvgIpc) is 3.23. The number of unbranched alkanes of at least 4 members (excludes halogenated alkanes) is 32. The SMILES string of the molecule is CCCC/C=C\CCCCCCCC(=O)OC[C@@H](COC(=O)CCCCCCC/C=C\CCCCCCCC)OC(=O)CCCCCCCCCCCCCCCCC. The highest BCUT2D eigenvalue weighted by molar-refractivity contribution is 5.71. The molecule has 0 aliphatic heterocycles. The van der Waals surface area contributed by atoms with Gasteiger partial charge < -0.3 is 14.2 Å². The van der Waals surface area contributed by atoms with Gasteiger partial charge >= 0.3 is 17.9 Å². The predicted molar refractivity (Wildman–Crippen MR) is 252 cm³/mol. The molecule has 0 N–H and O–H groups in total. The summed E-state index contributed by atoms with van der Waals surface area (Å²) in [5.74, 6) is -0.880. The lowest BCUT2D eigenvalue weighted by molar-refractivity contribution is -0.167. The van der Waals surface area contributed by atoms with Crippen molar-refractivity contribution in [2.45, 2.75) is 284 Å². The smallest absolute Gasteiger partial charge is 0.306 e. The van der Waals surface area contributed by atoms with Crippen LogP contribution < -0.4 is 0 Å². The van der Waals surface area contributed by atoms with E-state index in [1.807, 2.05) is 0 Å². The molecule has 0 aromatic rings. The number of carbonyl (C=O) groups is 3. The van der Waals surface area contributed by atoms with Crippen molar-refractivity contribution in [2.24, 2.45) is 0 Å². The summed E-state index contributed by atoms with van der Waals surface area (Å²) in [5.41, 5.74) is 0. The van der Waals surface area contributed by atoms with Gasteiger partial charge in [-0.25, -0.2) is 0 Å². The van der Waals surface area contributed by atoms with Crippen molar-refractivity contribution in [3.63, 3.8) is 0 Å². The van der Waals surface area contributed by atoms with Crippen LogP contribution in [0.2, 0.25) is 0 Å². The molecule has 0 aromatic carbocycles. The molecule has 0 amide bonds. The number of hydrogen-bond donors (Lipinski definition) is 0. The quantitative estimate of drug-likeness (QED) is 0.0263. The Bertz CT molecular complexity index is 958. The summed E-state index contributed by atoms with van der Waals surface area (Å²) < 4.78 is 16.8. The number of allylic oxidation sites excluding steroid dienone is 4. The molecule has 1 atom stereocenters. The topological polar surface area (TPSA) is 78.9 Å². The molecule has 0 radical (unpaired) electrons. The molecule has 6 nitrogen and oxygen atoms in total. The van der Waals surface area contributed by atoms with Gasteiger partial charge in [0.2, 0.25) is 0 Å². The Morgan fingerprint density at radius 3 is 0.898 bits per heavy atom. The molecule has 59 heavy (non-hydrogen) atoms. The largest absolute Gasteiger partial charge is 0.462 e. The Morgan fingerprint density at radius 1 is 0.322 bits per heavy atom. The lowest BCUT2D eigenvalue weighted by atomic mass is 10.0. The van der Waals surface area contributed by atoms with Crippen LogP contribution in [0.15, 0.2) is 24.3 Å². The molecule has 0 saturated heterocycles. The van der Waals surface area contributed by atoms with Crippen LogP contribution in [-0.4, -0.2) is 37.2 Å². The lowest BCUT2D eigenvalue weighted by Gasteiger charge is -2.18. The summed E-state index contributed by atoms with van der Waals surface area (Å²) >= 11 is 0. The maximum Gasteiger partial charge on any atom is 0.306 e. The van der Waals surface area contributed by atoms with Crippen LogP contribution in [0.5, 0.6) is 0 Å². The van der Waals surface area contributed by atoms with Crippen LogP contribution in [0.1, 0.15) is 278 Å². The van der Waals surface area contributed by atoms with E-state index in [2.05, 4.69) is 45.1 Å². The van der Waals surface area contributed by atoms with E-state index < -0.39 is 6.10 Å². The third kappa shape index (κ3) is 46.8. The first-order valence-electron chi connectivity index (χ1n) is 25.8. The third-order valence-corrected chi connectivity index (χ3v) is 11.4. The second-order valence-electron chi connectivity index (χ2n) is 17.4. The Balaban J connectivity index is 4.34. The monoisotopic (exact) mass is 831 g/mol. The standard InChI is InChI=1S/C53H98O6/c1-4-7-10-13-16-19-22-24-26-28-31-34-37-40-43-46-52(55)58-49-50(48-57-51(54)45-42-39-36-33-30-21-18-15-12-9-6-3)59-53(56)47-44-41-38-35-32-29-27-25-23-20-17-14-11-8-5-2/h15,18,24,26,50H,4-14,16-17,19-23,25,27-49H2,1-3H3/b18-15-,26-24-/t50-/m0/s1. The molecular weight excluding hydrogens is 733 g/mol. The van der Waals surface area contributed by atoms with Gasteiger partial charge in [-0.1, -0.05) is 218 Å². The zero-order chi connectivity index (χ0) is 43.0. The molecule has 0 aliphatic rings. The summed E-state index contributed by atoms with van der Waals surface area (Å²) in [6.07, 6.45) is 54.4. The van der Waals surface area contributed by atoms with Crippen LogP contribution in [-0.2, 0) is 28.6 Å². The first-order valence-corrected chi connectivity index (χ1v) is 25.8. The van der Waals surface area contributed by atoms with E-state index in [9.17, 15) is 14.4 Å². The van der Waals surface area contributed by atoms with Crippen molar-refractivity contribution in [3.8, 4) is 0 Å². The number of rotatable bonds is 47. The van der Waals surface area contributed by atoms with E-state index >= 15 is 0 Å². The molecule has 0 aliphatic carbocycles. The maximum absolute atomic E-state index is 12.8. The van der Waals surface area contributed by atoms with Crippen molar-refractivity contribution in [3.05, 3.63) is 24.3 Å². The molecule has 346 valence electrons. The van der Waals surface area contributed by atoms with E-state index in [0.717, 1.165) is 70.6 Å². The van der Waals surface area contributed by atoms with Gasteiger partial charge in [-0.2, -0.15) is 0 Å². The summed E-state index contributed by atoms with van der Waals surface area (Å²) in [7, 11) is 0. The average molecular weight is 831 g/mol. The lowest BCUT2D eigenvalue weighted by Crippen LogP contribution is -2.30. The maximum atomic E-state index is 12.8. The predicted octanol–water partition coefficient (Wildman–Crippen LogP) is 16.8. The van der Waals surface area contributed by atoms with Crippen LogP contribution in [0.4, 0.5) is 0 Å². The minimum absolute atomic E-state index is 0.0747. The molecule has 0 unspecified atom stereocenters. The van der Waals surface area contributed by atoms with Crippen LogP contribution >= 0.6 is 0 Å².